The first kappa shape index (κ1) is 16.5. The van der Waals surface area contributed by atoms with Crippen molar-refractivity contribution in [2.75, 3.05) is 25.5 Å². The number of amides is 2. The number of hydrogen-bond donors (Lipinski definition) is 2. The Morgan fingerprint density at radius 2 is 2.14 bits per heavy atom. The maximum Gasteiger partial charge on any atom is 0.273 e. The van der Waals surface area contributed by atoms with Gasteiger partial charge in [-0.2, -0.15) is 0 Å². The van der Waals surface area contributed by atoms with Crippen LogP contribution >= 0.6 is 0 Å². The SMILES string of the molecule is CN(CC1CCC(C)(O)CC1)C(=O)c1[nH]cnc1N(C)C=O. The summed E-state index contributed by atoms with van der Waals surface area (Å²) in [4.78, 5) is 33.1. The van der Waals surface area contributed by atoms with Gasteiger partial charge in [0.15, 0.2) is 5.82 Å². The molecule has 0 unspecified atom stereocenters. The maximum absolute atomic E-state index is 12.5. The summed E-state index contributed by atoms with van der Waals surface area (Å²) < 4.78 is 0. The first-order chi connectivity index (χ1) is 10.3. The number of aliphatic hydroxyl groups is 1. The second-order valence-electron chi connectivity index (χ2n) is 6.44. The predicted octanol–water partition coefficient (Wildman–Crippen LogP) is 1.02. The van der Waals surface area contributed by atoms with E-state index in [9.17, 15) is 14.7 Å². The summed E-state index contributed by atoms with van der Waals surface area (Å²) >= 11 is 0. The molecule has 0 spiro atoms. The molecule has 0 saturated heterocycles. The molecule has 0 radical (unpaired) electrons. The van der Waals surface area contributed by atoms with Crippen molar-refractivity contribution in [1.82, 2.24) is 14.9 Å². The maximum atomic E-state index is 12.5. The molecule has 122 valence electrons. The molecule has 2 rings (SSSR count). The zero-order valence-electron chi connectivity index (χ0n) is 13.4. The van der Waals surface area contributed by atoms with Crippen LogP contribution in [0.15, 0.2) is 6.33 Å². The smallest absolute Gasteiger partial charge is 0.273 e. The van der Waals surface area contributed by atoms with E-state index in [1.165, 1.54) is 11.2 Å². The average molecular weight is 308 g/mol. The van der Waals surface area contributed by atoms with Crippen molar-refractivity contribution in [3.05, 3.63) is 12.0 Å². The number of anilines is 1. The van der Waals surface area contributed by atoms with Crippen LogP contribution in [0.1, 0.15) is 43.1 Å². The Kier molecular flexibility index (Phi) is 4.85. The number of carbonyl (C=O) groups is 2. The van der Waals surface area contributed by atoms with Crippen molar-refractivity contribution in [1.29, 1.82) is 0 Å². The minimum atomic E-state index is -0.567. The summed E-state index contributed by atoms with van der Waals surface area (Å²) in [5.41, 5.74) is -0.248. The van der Waals surface area contributed by atoms with Crippen LogP contribution in [0, 0.1) is 5.92 Å². The Bertz CT molecular complexity index is 531. The third kappa shape index (κ3) is 3.65. The van der Waals surface area contributed by atoms with Gasteiger partial charge in [0.2, 0.25) is 6.41 Å². The van der Waals surface area contributed by atoms with E-state index in [4.69, 9.17) is 0 Å². The second-order valence-corrected chi connectivity index (χ2v) is 6.44. The lowest BCUT2D eigenvalue weighted by molar-refractivity contribution is -0.107. The van der Waals surface area contributed by atoms with Gasteiger partial charge in [-0.3, -0.25) is 9.59 Å². The van der Waals surface area contributed by atoms with E-state index in [0.717, 1.165) is 25.7 Å². The Balaban J connectivity index is 1.98. The molecule has 0 aliphatic heterocycles. The zero-order valence-corrected chi connectivity index (χ0v) is 13.4. The number of nitrogens with one attached hydrogen (secondary N) is 1. The lowest BCUT2D eigenvalue weighted by atomic mass is 9.80. The van der Waals surface area contributed by atoms with E-state index < -0.39 is 5.60 Å². The van der Waals surface area contributed by atoms with Gasteiger partial charge in [0.1, 0.15) is 5.69 Å². The third-order valence-corrected chi connectivity index (χ3v) is 4.39. The Morgan fingerprint density at radius 3 is 2.73 bits per heavy atom. The fourth-order valence-corrected chi connectivity index (χ4v) is 2.90. The standard InChI is InChI=1S/C15H24N4O3/c1-15(22)6-4-11(5-7-15)8-18(2)14(21)12-13(17-9-16-12)19(3)10-20/h9-11,22H,4-8H2,1-3H3,(H,16,17). The molecule has 22 heavy (non-hydrogen) atoms. The lowest BCUT2D eigenvalue weighted by Crippen LogP contribution is -2.37. The highest BCUT2D eigenvalue weighted by atomic mass is 16.3. The summed E-state index contributed by atoms with van der Waals surface area (Å²) in [6, 6.07) is 0. The van der Waals surface area contributed by atoms with E-state index in [-0.39, 0.29) is 5.91 Å². The zero-order chi connectivity index (χ0) is 16.3. The van der Waals surface area contributed by atoms with Crippen LogP contribution in [0.5, 0.6) is 0 Å². The van der Waals surface area contributed by atoms with Gasteiger partial charge in [-0.25, -0.2) is 4.98 Å². The fourth-order valence-electron chi connectivity index (χ4n) is 2.90. The first-order valence-corrected chi connectivity index (χ1v) is 7.53. The summed E-state index contributed by atoms with van der Waals surface area (Å²) in [5.74, 6) is 0.543. The average Bonchev–Trinajstić information content (AvgIpc) is 2.97. The van der Waals surface area contributed by atoms with Gasteiger partial charge in [-0.1, -0.05) is 0 Å². The Hall–Kier alpha value is -1.89. The van der Waals surface area contributed by atoms with E-state index in [2.05, 4.69) is 9.97 Å². The van der Waals surface area contributed by atoms with Crippen molar-refractivity contribution in [3.63, 3.8) is 0 Å². The molecule has 1 aromatic heterocycles. The van der Waals surface area contributed by atoms with E-state index in [1.807, 2.05) is 6.92 Å². The number of hydrogen-bond acceptors (Lipinski definition) is 4. The van der Waals surface area contributed by atoms with Crippen LogP contribution < -0.4 is 4.90 Å². The number of rotatable bonds is 5. The molecular weight excluding hydrogens is 284 g/mol. The highest BCUT2D eigenvalue weighted by Crippen LogP contribution is 2.32. The first-order valence-electron chi connectivity index (χ1n) is 7.53. The number of carbonyl (C=O) groups excluding carboxylic acids is 2. The number of aromatic nitrogens is 2. The van der Waals surface area contributed by atoms with Crippen molar-refractivity contribution in [2.24, 2.45) is 5.92 Å². The Labute approximate surface area is 130 Å². The third-order valence-electron chi connectivity index (χ3n) is 4.39. The van der Waals surface area contributed by atoms with Gasteiger partial charge in [0, 0.05) is 20.6 Å². The van der Waals surface area contributed by atoms with Crippen LogP contribution in [0.4, 0.5) is 5.82 Å². The van der Waals surface area contributed by atoms with Crippen LogP contribution in [0.2, 0.25) is 0 Å². The Morgan fingerprint density at radius 1 is 1.50 bits per heavy atom. The highest BCUT2D eigenvalue weighted by molar-refractivity contribution is 5.98. The summed E-state index contributed by atoms with van der Waals surface area (Å²) in [7, 11) is 3.31. The van der Waals surface area contributed by atoms with Crippen molar-refractivity contribution in [3.8, 4) is 0 Å². The number of imidazole rings is 1. The molecule has 1 heterocycles. The molecule has 0 atom stereocenters. The fraction of sp³-hybridized carbons (Fsp3) is 0.667. The number of nitrogens with zero attached hydrogens (tertiary/aromatic N) is 3. The quantitative estimate of drug-likeness (QED) is 0.795. The second kappa shape index (κ2) is 6.48. The summed E-state index contributed by atoms with van der Waals surface area (Å²) in [5, 5.41) is 9.98. The predicted molar refractivity (Wildman–Crippen MR) is 82.6 cm³/mol. The van der Waals surface area contributed by atoms with Gasteiger partial charge < -0.3 is 19.9 Å². The molecular formula is C15H24N4O3. The van der Waals surface area contributed by atoms with Gasteiger partial charge >= 0.3 is 0 Å². The number of aromatic amines is 1. The molecule has 1 saturated carbocycles. The molecule has 0 bridgehead atoms. The van der Waals surface area contributed by atoms with Crippen molar-refractivity contribution < 1.29 is 14.7 Å². The molecule has 1 aromatic rings. The molecule has 2 N–H and O–H groups in total. The summed E-state index contributed by atoms with van der Waals surface area (Å²) in [6.45, 7) is 2.50. The van der Waals surface area contributed by atoms with E-state index >= 15 is 0 Å². The largest absolute Gasteiger partial charge is 0.390 e. The highest BCUT2D eigenvalue weighted by Gasteiger charge is 2.30. The lowest BCUT2D eigenvalue weighted by Gasteiger charge is -2.34. The number of H-pyrrole nitrogens is 1. The molecule has 7 heteroatoms. The van der Waals surface area contributed by atoms with Crippen LogP contribution in [-0.2, 0) is 4.79 Å². The van der Waals surface area contributed by atoms with Crippen LogP contribution in [-0.4, -0.2) is 58.5 Å². The van der Waals surface area contributed by atoms with Crippen LogP contribution in [0.3, 0.4) is 0 Å². The van der Waals surface area contributed by atoms with E-state index in [1.54, 1.807) is 19.0 Å². The molecule has 2 amide bonds. The van der Waals surface area contributed by atoms with Crippen molar-refractivity contribution >= 4 is 18.1 Å². The minimum Gasteiger partial charge on any atom is -0.390 e. The molecule has 0 aromatic carbocycles. The van der Waals surface area contributed by atoms with Gasteiger partial charge in [0.25, 0.3) is 5.91 Å². The summed E-state index contributed by atoms with van der Waals surface area (Å²) in [6.07, 6.45) is 5.39. The normalized spacial score (nSPS) is 24.8. The van der Waals surface area contributed by atoms with Gasteiger partial charge in [0.05, 0.1) is 11.9 Å². The van der Waals surface area contributed by atoms with Gasteiger partial charge in [-0.15, -0.1) is 0 Å². The molecule has 1 fully saturated rings. The van der Waals surface area contributed by atoms with Gasteiger partial charge in [-0.05, 0) is 38.5 Å². The van der Waals surface area contributed by atoms with Crippen molar-refractivity contribution in [2.45, 2.75) is 38.2 Å². The van der Waals surface area contributed by atoms with E-state index in [0.29, 0.717) is 30.4 Å². The van der Waals surface area contributed by atoms with Crippen LogP contribution in [0.25, 0.3) is 0 Å². The minimum absolute atomic E-state index is 0.182. The topological polar surface area (TPSA) is 89.5 Å². The molecule has 1 aliphatic carbocycles. The molecule has 7 nitrogen and oxygen atoms in total. The molecule has 1 aliphatic rings. The monoisotopic (exact) mass is 308 g/mol.